The average Bonchev–Trinajstić information content (AvgIpc) is 3.41. The van der Waals surface area contributed by atoms with E-state index in [0.717, 1.165) is 16.3 Å². The van der Waals surface area contributed by atoms with Crippen molar-refractivity contribution in [2.45, 2.75) is 26.7 Å². The van der Waals surface area contributed by atoms with Crippen molar-refractivity contribution in [3.05, 3.63) is 64.9 Å². The number of hydrogen-bond donors (Lipinski definition) is 1. The van der Waals surface area contributed by atoms with E-state index in [1.165, 1.54) is 22.1 Å². The maximum absolute atomic E-state index is 14.5. The lowest BCUT2D eigenvalue weighted by molar-refractivity contribution is -0.116. The summed E-state index contributed by atoms with van der Waals surface area (Å²) in [6, 6.07) is 10.2. The number of nitrogens with zero attached hydrogens (tertiary/aromatic N) is 4. The van der Waals surface area contributed by atoms with Crippen LogP contribution in [0.2, 0.25) is 0 Å². The molecule has 0 atom stereocenters. The predicted molar refractivity (Wildman–Crippen MR) is 108 cm³/mol. The van der Waals surface area contributed by atoms with Crippen molar-refractivity contribution in [2.75, 3.05) is 5.32 Å². The number of rotatable bonds is 6. The van der Waals surface area contributed by atoms with Gasteiger partial charge in [-0.05, 0) is 49.6 Å². The van der Waals surface area contributed by atoms with Gasteiger partial charge < -0.3 is 9.84 Å². The van der Waals surface area contributed by atoms with Gasteiger partial charge in [0.15, 0.2) is 5.82 Å². The quantitative estimate of drug-likeness (QED) is 0.511. The highest BCUT2D eigenvalue weighted by molar-refractivity contribution is 7.13. The van der Waals surface area contributed by atoms with Gasteiger partial charge in [-0.15, -0.1) is 11.3 Å². The van der Waals surface area contributed by atoms with Crippen LogP contribution in [0.1, 0.15) is 23.7 Å². The molecule has 3 aromatic heterocycles. The van der Waals surface area contributed by atoms with Crippen LogP contribution < -0.4 is 5.32 Å². The fourth-order valence-electron chi connectivity index (χ4n) is 2.94. The first kappa shape index (κ1) is 19.0. The van der Waals surface area contributed by atoms with Crippen LogP contribution in [0.25, 0.3) is 16.4 Å². The minimum atomic E-state index is -0.466. The smallest absolute Gasteiger partial charge is 0.227 e. The summed E-state index contributed by atoms with van der Waals surface area (Å²) in [5.74, 6) is 0.164. The summed E-state index contributed by atoms with van der Waals surface area (Å²) in [4.78, 5) is 17.4. The number of halogens is 1. The van der Waals surface area contributed by atoms with E-state index in [9.17, 15) is 9.18 Å². The molecule has 7 nitrogen and oxygen atoms in total. The summed E-state index contributed by atoms with van der Waals surface area (Å²) < 4.78 is 21.2. The molecule has 0 aliphatic carbocycles. The maximum atomic E-state index is 14.5. The number of aryl methyl sites for hydroxylation is 3. The van der Waals surface area contributed by atoms with Gasteiger partial charge in [0, 0.05) is 24.2 Å². The van der Waals surface area contributed by atoms with Crippen LogP contribution in [0, 0.1) is 19.7 Å². The Hall–Kier alpha value is -3.33. The summed E-state index contributed by atoms with van der Waals surface area (Å²) in [7, 11) is 0. The molecular formula is C20H18FN5O2S. The second-order valence-electron chi connectivity index (χ2n) is 6.54. The number of aromatic nitrogens is 4. The molecule has 0 bridgehead atoms. The van der Waals surface area contributed by atoms with E-state index in [0.29, 0.717) is 29.5 Å². The van der Waals surface area contributed by atoms with E-state index in [4.69, 9.17) is 4.52 Å². The molecule has 1 aromatic carbocycles. The van der Waals surface area contributed by atoms with Gasteiger partial charge in [-0.1, -0.05) is 11.2 Å². The van der Waals surface area contributed by atoms with Gasteiger partial charge in [0.25, 0.3) is 0 Å². The van der Waals surface area contributed by atoms with Crippen LogP contribution in [0.4, 0.5) is 10.1 Å². The molecule has 4 rings (SSSR count). The topological polar surface area (TPSA) is 85.8 Å². The van der Waals surface area contributed by atoms with Crippen molar-refractivity contribution in [1.29, 1.82) is 0 Å². The van der Waals surface area contributed by atoms with Crippen molar-refractivity contribution in [2.24, 2.45) is 0 Å². The monoisotopic (exact) mass is 411 g/mol. The number of anilines is 1. The summed E-state index contributed by atoms with van der Waals surface area (Å²) in [5, 5.41) is 12.8. The molecule has 0 fully saturated rings. The Bertz CT molecular complexity index is 1150. The highest BCUT2D eigenvalue weighted by Gasteiger charge is 2.13. The summed E-state index contributed by atoms with van der Waals surface area (Å²) in [5.41, 5.74) is 2.35. The summed E-state index contributed by atoms with van der Waals surface area (Å²) >= 11 is 1.51. The Kier molecular flexibility index (Phi) is 5.22. The van der Waals surface area contributed by atoms with Gasteiger partial charge in [0.2, 0.25) is 17.6 Å². The third-order valence-corrected chi connectivity index (χ3v) is 5.11. The zero-order valence-corrected chi connectivity index (χ0v) is 16.7. The Morgan fingerprint density at radius 3 is 2.83 bits per heavy atom. The van der Waals surface area contributed by atoms with Gasteiger partial charge in [0.1, 0.15) is 5.69 Å². The van der Waals surface area contributed by atoms with Gasteiger partial charge in [-0.2, -0.15) is 10.1 Å². The zero-order valence-electron chi connectivity index (χ0n) is 15.8. The second-order valence-corrected chi connectivity index (χ2v) is 7.49. The normalized spacial score (nSPS) is 11.0. The predicted octanol–water partition coefficient (Wildman–Crippen LogP) is 4.31. The number of nitrogens with one attached hydrogen (secondary N) is 1. The SMILES string of the molecule is Cc1cc(C)n(-c2ccc(NC(=O)CCc3nc(-c4cccs4)no3)cc2F)n1. The lowest BCUT2D eigenvalue weighted by Crippen LogP contribution is -2.13. The summed E-state index contributed by atoms with van der Waals surface area (Å²) in [6.07, 6.45) is 0.448. The number of carbonyl (C=O) groups is 1. The van der Waals surface area contributed by atoms with Gasteiger partial charge in [-0.3, -0.25) is 4.79 Å². The molecule has 0 unspecified atom stereocenters. The van der Waals surface area contributed by atoms with Crippen LogP contribution in [0.15, 0.2) is 46.3 Å². The Morgan fingerprint density at radius 1 is 1.28 bits per heavy atom. The maximum Gasteiger partial charge on any atom is 0.227 e. The first-order valence-corrected chi connectivity index (χ1v) is 9.87. The van der Waals surface area contributed by atoms with E-state index >= 15 is 0 Å². The zero-order chi connectivity index (χ0) is 20.4. The van der Waals surface area contributed by atoms with Crippen LogP contribution in [0.5, 0.6) is 0 Å². The van der Waals surface area contributed by atoms with E-state index in [1.807, 2.05) is 37.4 Å². The Labute approximate surface area is 170 Å². The molecule has 0 saturated carbocycles. The van der Waals surface area contributed by atoms with Crippen molar-refractivity contribution in [1.82, 2.24) is 19.9 Å². The third kappa shape index (κ3) is 4.24. The number of benzene rings is 1. The highest BCUT2D eigenvalue weighted by atomic mass is 32.1. The number of carbonyl (C=O) groups excluding carboxylic acids is 1. The molecule has 3 heterocycles. The van der Waals surface area contributed by atoms with Crippen molar-refractivity contribution >= 4 is 22.9 Å². The van der Waals surface area contributed by atoms with E-state index in [1.54, 1.807) is 12.1 Å². The highest BCUT2D eigenvalue weighted by Crippen LogP contribution is 2.22. The molecule has 1 amide bonds. The first-order valence-electron chi connectivity index (χ1n) is 8.99. The summed E-state index contributed by atoms with van der Waals surface area (Å²) in [6.45, 7) is 3.71. The van der Waals surface area contributed by atoms with Gasteiger partial charge in [0.05, 0.1) is 10.6 Å². The van der Waals surface area contributed by atoms with Gasteiger partial charge >= 0.3 is 0 Å². The largest absolute Gasteiger partial charge is 0.339 e. The third-order valence-electron chi connectivity index (χ3n) is 4.24. The molecule has 0 radical (unpaired) electrons. The van der Waals surface area contributed by atoms with Crippen LogP contribution >= 0.6 is 11.3 Å². The van der Waals surface area contributed by atoms with E-state index in [2.05, 4.69) is 20.6 Å². The standard InChI is InChI=1S/C20H18FN5O2S/c1-12-10-13(2)26(24-12)16-6-5-14(11-15(16)21)22-18(27)7-8-19-23-20(25-28-19)17-4-3-9-29-17/h3-6,9-11H,7-8H2,1-2H3,(H,22,27). The lowest BCUT2D eigenvalue weighted by Gasteiger charge is -2.09. The van der Waals surface area contributed by atoms with E-state index in [-0.39, 0.29) is 12.3 Å². The molecule has 9 heteroatoms. The number of amides is 1. The molecule has 0 spiro atoms. The van der Waals surface area contributed by atoms with Crippen molar-refractivity contribution < 1.29 is 13.7 Å². The fraction of sp³-hybridized carbons (Fsp3) is 0.200. The fourth-order valence-corrected chi connectivity index (χ4v) is 3.58. The molecule has 0 aliphatic heterocycles. The molecule has 29 heavy (non-hydrogen) atoms. The molecule has 148 valence electrons. The molecule has 1 N–H and O–H groups in total. The van der Waals surface area contributed by atoms with Crippen LogP contribution in [-0.2, 0) is 11.2 Å². The average molecular weight is 411 g/mol. The van der Waals surface area contributed by atoms with Crippen molar-refractivity contribution in [3.63, 3.8) is 0 Å². The van der Waals surface area contributed by atoms with Crippen molar-refractivity contribution in [3.8, 4) is 16.4 Å². The minimum absolute atomic E-state index is 0.146. The van der Waals surface area contributed by atoms with Gasteiger partial charge in [-0.25, -0.2) is 9.07 Å². The molecule has 0 aliphatic rings. The Morgan fingerprint density at radius 2 is 2.14 bits per heavy atom. The molecule has 4 aromatic rings. The molecule has 0 saturated heterocycles. The van der Waals surface area contributed by atoms with E-state index < -0.39 is 5.82 Å². The first-order chi connectivity index (χ1) is 14.0. The number of thiophene rings is 1. The second kappa shape index (κ2) is 7.96. The number of hydrogen-bond acceptors (Lipinski definition) is 6. The molecular weight excluding hydrogens is 393 g/mol. The lowest BCUT2D eigenvalue weighted by atomic mass is 10.2. The van der Waals surface area contributed by atoms with Crippen LogP contribution in [0.3, 0.4) is 0 Å². The van der Waals surface area contributed by atoms with Crippen LogP contribution in [-0.4, -0.2) is 25.8 Å². The Balaban J connectivity index is 1.37. The minimum Gasteiger partial charge on any atom is -0.339 e.